The Balaban J connectivity index is 2.05. The number of aryl methyl sites for hydroxylation is 1. The SMILES string of the molecule is Cn1cncc1CNc1cnc(Cl)c(Br)c1. The highest BCUT2D eigenvalue weighted by atomic mass is 79.9. The van der Waals surface area contributed by atoms with Gasteiger partial charge in [0.05, 0.1) is 34.9 Å². The first kappa shape index (κ1) is 11.4. The number of rotatable bonds is 3. The summed E-state index contributed by atoms with van der Waals surface area (Å²) < 4.78 is 2.75. The molecule has 0 atom stereocenters. The van der Waals surface area contributed by atoms with Crippen LogP contribution < -0.4 is 5.32 Å². The van der Waals surface area contributed by atoms with Crippen molar-refractivity contribution in [2.45, 2.75) is 6.54 Å². The lowest BCUT2D eigenvalue weighted by Crippen LogP contribution is -2.04. The molecule has 1 N–H and O–H groups in total. The maximum absolute atomic E-state index is 5.81. The second-order valence-electron chi connectivity index (χ2n) is 3.35. The van der Waals surface area contributed by atoms with Crippen molar-refractivity contribution < 1.29 is 0 Å². The number of hydrogen-bond donors (Lipinski definition) is 1. The molecule has 0 aliphatic heterocycles. The Morgan fingerprint density at radius 3 is 2.94 bits per heavy atom. The Morgan fingerprint density at radius 1 is 1.50 bits per heavy atom. The van der Waals surface area contributed by atoms with Crippen molar-refractivity contribution in [3.05, 3.63) is 40.1 Å². The van der Waals surface area contributed by atoms with E-state index in [-0.39, 0.29) is 0 Å². The van der Waals surface area contributed by atoms with Crippen LogP contribution in [0.5, 0.6) is 0 Å². The predicted molar refractivity (Wildman–Crippen MR) is 67.5 cm³/mol. The third-order valence-electron chi connectivity index (χ3n) is 2.19. The second-order valence-corrected chi connectivity index (χ2v) is 4.56. The summed E-state index contributed by atoms with van der Waals surface area (Å²) in [6.07, 6.45) is 5.29. The Kier molecular flexibility index (Phi) is 3.46. The second kappa shape index (κ2) is 4.84. The van der Waals surface area contributed by atoms with Crippen molar-refractivity contribution in [1.82, 2.24) is 14.5 Å². The molecule has 16 heavy (non-hydrogen) atoms. The zero-order valence-corrected chi connectivity index (χ0v) is 11.0. The van der Waals surface area contributed by atoms with Crippen molar-refractivity contribution in [2.24, 2.45) is 7.05 Å². The highest BCUT2D eigenvalue weighted by Gasteiger charge is 2.01. The molecule has 0 unspecified atom stereocenters. The summed E-state index contributed by atoms with van der Waals surface area (Å²) in [7, 11) is 1.96. The molecule has 84 valence electrons. The molecule has 0 aromatic carbocycles. The average molecular weight is 302 g/mol. The van der Waals surface area contributed by atoms with Crippen LogP contribution in [0.4, 0.5) is 5.69 Å². The van der Waals surface area contributed by atoms with E-state index in [0.717, 1.165) is 15.9 Å². The lowest BCUT2D eigenvalue weighted by Gasteiger charge is -2.07. The predicted octanol–water partition coefficient (Wildman–Crippen LogP) is 2.84. The number of aromatic nitrogens is 3. The molecule has 0 amide bonds. The number of nitrogens with zero attached hydrogens (tertiary/aromatic N) is 3. The number of hydrogen-bond acceptors (Lipinski definition) is 3. The molecule has 2 aromatic rings. The fraction of sp³-hybridized carbons (Fsp3) is 0.200. The fourth-order valence-corrected chi connectivity index (χ4v) is 1.72. The maximum Gasteiger partial charge on any atom is 0.143 e. The van der Waals surface area contributed by atoms with Gasteiger partial charge in [0.1, 0.15) is 5.15 Å². The van der Waals surface area contributed by atoms with Crippen LogP contribution in [-0.4, -0.2) is 14.5 Å². The van der Waals surface area contributed by atoms with Gasteiger partial charge in [-0.1, -0.05) is 11.6 Å². The molecule has 2 heterocycles. The molecule has 2 aromatic heterocycles. The fourth-order valence-electron chi connectivity index (χ4n) is 1.27. The summed E-state index contributed by atoms with van der Waals surface area (Å²) in [5.74, 6) is 0. The molecule has 0 aliphatic rings. The van der Waals surface area contributed by atoms with Crippen LogP contribution >= 0.6 is 27.5 Å². The van der Waals surface area contributed by atoms with Gasteiger partial charge in [-0.3, -0.25) is 0 Å². The van der Waals surface area contributed by atoms with E-state index in [1.54, 1.807) is 12.5 Å². The molecule has 0 spiro atoms. The maximum atomic E-state index is 5.81. The minimum absolute atomic E-state index is 0.464. The molecule has 0 saturated carbocycles. The van der Waals surface area contributed by atoms with Gasteiger partial charge < -0.3 is 9.88 Å². The van der Waals surface area contributed by atoms with Gasteiger partial charge in [-0.05, 0) is 22.0 Å². The van der Waals surface area contributed by atoms with E-state index in [1.165, 1.54) is 0 Å². The van der Waals surface area contributed by atoms with Crippen molar-refractivity contribution in [1.29, 1.82) is 0 Å². The molecule has 0 bridgehead atoms. The van der Waals surface area contributed by atoms with E-state index < -0.39 is 0 Å². The van der Waals surface area contributed by atoms with E-state index in [0.29, 0.717) is 11.7 Å². The quantitative estimate of drug-likeness (QED) is 0.887. The summed E-state index contributed by atoms with van der Waals surface area (Å²) >= 11 is 9.13. The first-order valence-corrected chi connectivity index (χ1v) is 5.84. The average Bonchev–Trinajstić information content (AvgIpc) is 2.66. The van der Waals surface area contributed by atoms with Crippen LogP contribution in [0.25, 0.3) is 0 Å². The number of anilines is 1. The Morgan fingerprint density at radius 2 is 2.31 bits per heavy atom. The Bertz CT molecular complexity index is 497. The highest BCUT2D eigenvalue weighted by molar-refractivity contribution is 9.10. The van der Waals surface area contributed by atoms with Crippen molar-refractivity contribution in [3.63, 3.8) is 0 Å². The normalized spacial score (nSPS) is 10.4. The van der Waals surface area contributed by atoms with E-state index in [9.17, 15) is 0 Å². The highest BCUT2D eigenvalue weighted by Crippen LogP contribution is 2.23. The van der Waals surface area contributed by atoms with E-state index >= 15 is 0 Å². The van der Waals surface area contributed by atoms with Gasteiger partial charge >= 0.3 is 0 Å². The molecule has 6 heteroatoms. The standard InChI is InChI=1S/C10H10BrClN4/c1-16-6-13-4-8(16)5-14-7-2-9(11)10(12)15-3-7/h2-4,6,14H,5H2,1H3. The molecule has 2 rings (SSSR count). The molecule has 0 fully saturated rings. The summed E-state index contributed by atoms with van der Waals surface area (Å²) in [4.78, 5) is 8.08. The molecular formula is C10H10BrClN4. The minimum atomic E-state index is 0.464. The van der Waals surface area contributed by atoms with Gasteiger partial charge in [0.25, 0.3) is 0 Å². The topological polar surface area (TPSA) is 42.7 Å². The number of pyridine rings is 1. The van der Waals surface area contributed by atoms with Crippen LogP contribution in [0.3, 0.4) is 0 Å². The third-order valence-corrected chi connectivity index (χ3v) is 3.32. The third kappa shape index (κ3) is 2.54. The lowest BCUT2D eigenvalue weighted by atomic mass is 10.4. The van der Waals surface area contributed by atoms with Crippen LogP contribution in [0.2, 0.25) is 5.15 Å². The van der Waals surface area contributed by atoms with Gasteiger partial charge in [0.2, 0.25) is 0 Å². The van der Waals surface area contributed by atoms with Crippen LogP contribution in [0.15, 0.2) is 29.3 Å². The van der Waals surface area contributed by atoms with Crippen LogP contribution in [0.1, 0.15) is 5.69 Å². The van der Waals surface area contributed by atoms with Gasteiger partial charge in [0, 0.05) is 13.2 Å². The molecule has 0 saturated heterocycles. The first-order valence-electron chi connectivity index (χ1n) is 4.67. The largest absolute Gasteiger partial charge is 0.378 e. The number of halogens is 2. The summed E-state index contributed by atoms with van der Waals surface area (Å²) in [6, 6.07) is 1.89. The van der Waals surface area contributed by atoms with Crippen LogP contribution in [-0.2, 0) is 13.6 Å². The zero-order chi connectivity index (χ0) is 11.5. The van der Waals surface area contributed by atoms with Crippen molar-refractivity contribution in [2.75, 3.05) is 5.32 Å². The minimum Gasteiger partial charge on any atom is -0.378 e. The van der Waals surface area contributed by atoms with E-state index in [4.69, 9.17) is 11.6 Å². The zero-order valence-electron chi connectivity index (χ0n) is 8.61. The van der Waals surface area contributed by atoms with Crippen molar-refractivity contribution in [3.8, 4) is 0 Å². The summed E-state index contributed by atoms with van der Waals surface area (Å²) in [5, 5.41) is 3.71. The van der Waals surface area contributed by atoms with E-state index in [1.807, 2.05) is 23.9 Å². The number of imidazole rings is 1. The van der Waals surface area contributed by atoms with Gasteiger partial charge in [-0.15, -0.1) is 0 Å². The summed E-state index contributed by atoms with van der Waals surface area (Å²) in [6.45, 7) is 0.701. The summed E-state index contributed by atoms with van der Waals surface area (Å²) in [5.41, 5.74) is 2.02. The van der Waals surface area contributed by atoms with E-state index in [2.05, 4.69) is 31.2 Å². The van der Waals surface area contributed by atoms with Gasteiger partial charge in [0.15, 0.2) is 0 Å². The molecule has 0 aliphatic carbocycles. The Labute approximate surface area is 107 Å². The molecular weight excluding hydrogens is 291 g/mol. The lowest BCUT2D eigenvalue weighted by molar-refractivity contribution is 0.837. The smallest absolute Gasteiger partial charge is 0.143 e. The monoisotopic (exact) mass is 300 g/mol. The first-order chi connectivity index (χ1) is 7.66. The van der Waals surface area contributed by atoms with Gasteiger partial charge in [-0.2, -0.15) is 0 Å². The van der Waals surface area contributed by atoms with Crippen LogP contribution in [0, 0.1) is 0 Å². The number of nitrogens with one attached hydrogen (secondary N) is 1. The Hall–Kier alpha value is -1.07. The van der Waals surface area contributed by atoms with Crippen molar-refractivity contribution >= 4 is 33.2 Å². The molecule has 0 radical (unpaired) electrons. The van der Waals surface area contributed by atoms with Gasteiger partial charge in [-0.25, -0.2) is 9.97 Å². The molecule has 4 nitrogen and oxygen atoms in total.